The molecule has 0 spiro atoms. The molecule has 1 amide bonds. The molecule has 38 heavy (non-hydrogen) atoms. The van der Waals surface area contributed by atoms with Crippen molar-refractivity contribution in [1.82, 2.24) is 39.1 Å². The molecule has 1 aliphatic heterocycles. The Bertz CT molecular complexity index is 1660. The lowest BCUT2D eigenvalue weighted by Gasteiger charge is -2.54. The number of nitriles is 1. The van der Waals surface area contributed by atoms with Gasteiger partial charge in [-0.05, 0) is 18.6 Å². The normalized spacial score (nSPS) is 18.8. The second-order valence-electron chi connectivity index (χ2n) is 9.49. The molecule has 4 aromatic heterocycles. The van der Waals surface area contributed by atoms with Gasteiger partial charge in [0.05, 0.1) is 66.8 Å². The molecule has 1 fully saturated rings. The largest absolute Gasteiger partial charge is 0.445 e. The highest BCUT2D eigenvalue weighted by Crippen LogP contribution is 2.40. The number of ether oxygens (including phenoxy) is 1. The predicted octanol–water partition coefficient (Wildman–Crippen LogP) is 3.64. The van der Waals surface area contributed by atoms with E-state index >= 15 is 0 Å². The molecule has 5 aromatic rings. The molecule has 5 heterocycles. The number of benzene rings is 1. The molecule has 1 saturated heterocycles. The molecule has 0 saturated carbocycles. The minimum atomic E-state index is -0.670. The SMILES string of the molecule is CC1N(C(=O)OCc2ccccc2)CC1(CC#N)n1cc(-c2nc(-c3cnn(C)c3)cn3nccc23)cn1. The van der Waals surface area contributed by atoms with Crippen molar-refractivity contribution in [3.8, 4) is 28.6 Å². The van der Waals surface area contributed by atoms with E-state index in [0.717, 1.165) is 27.9 Å². The Balaban J connectivity index is 1.28. The van der Waals surface area contributed by atoms with Gasteiger partial charge in [-0.25, -0.2) is 14.3 Å². The van der Waals surface area contributed by atoms with Crippen molar-refractivity contribution < 1.29 is 9.53 Å². The smallest absolute Gasteiger partial charge is 0.410 e. The van der Waals surface area contributed by atoms with Crippen molar-refractivity contribution in [2.75, 3.05) is 6.54 Å². The Morgan fingerprint density at radius 1 is 1.11 bits per heavy atom. The number of aromatic nitrogens is 7. The third kappa shape index (κ3) is 3.87. The summed E-state index contributed by atoms with van der Waals surface area (Å²) in [5.41, 5.74) is 4.19. The topological polar surface area (TPSA) is 119 Å². The first-order chi connectivity index (χ1) is 18.5. The lowest BCUT2D eigenvalue weighted by molar-refractivity contribution is -0.0515. The van der Waals surface area contributed by atoms with Crippen molar-refractivity contribution in [3.05, 3.63) is 79.1 Å². The van der Waals surface area contributed by atoms with Gasteiger partial charge in [0.25, 0.3) is 0 Å². The van der Waals surface area contributed by atoms with Crippen LogP contribution in [0.25, 0.3) is 28.0 Å². The predicted molar refractivity (Wildman–Crippen MR) is 137 cm³/mol. The van der Waals surface area contributed by atoms with Gasteiger partial charge in [-0.1, -0.05) is 30.3 Å². The van der Waals surface area contributed by atoms with Crippen molar-refractivity contribution >= 4 is 11.6 Å². The summed E-state index contributed by atoms with van der Waals surface area (Å²) < 4.78 is 10.8. The number of hydrogen-bond acceptors (Lipinski definition) is 7. The maximum absolute atomic E-state index is 12.8. The number of fused-ring (bicyclic) bond motifs is 1. The van der Waals surface area contributed by atoms with Crippen LogP contribution in [0.1, 0.15) is 18.9 Å². The molecule has 1 aliphatic rings. The number of carbonyl (C=O) groups excluding carboxylic acids is 1. The van der Waals surface area contributed by atoms with Gasteiger partial charge in [0.15, 0.2) is 0 Å². The van der Waals surface area contributed by atoms with E-state index in [1.807, 2.05) is 69.0 Å². The zero-order chi connectivity index (χ0) is 26.3. The van der Waals surface area contributed by atoms with E-state index in [9.17, 15) is 10.1 Å². The summed E-state index contributed by atoms with van der Waals surface area (Å²) in [5.74, 6) is 0. The monoisotopic (exact) mass is 507 g/mol. The van der Waals surface area contributed by atoms with Gasteiger partial charge in [-0.15, -0.1) is 0 Å². The summed E-state index contributed by atoms with van der Waals surface area (Å²) in [4.78, 5) is 19.4. The van der Waals surface area contributed by atoms with Crippen LogP contribution in [0, 0.1) is 11.3 Å². The molecule has 11 heteroatoms. The number of carbonyl (C=O) groups is 1. The van der Waals surface area contributed by atoms with Crippen LogP contribution in [0.4, 0.5) is 4.79 Å². The van der Waals surface area contributed by atoms with E-state index < -0.39 is 11.6 Å². The number of likely N-dealkylation sites (tertiary alicyclic amines) is 1. The Morgan fingerprint density at radius 3 is 2.66 bits per heavy atom. The third-order valence-electron chi connectivity index (χ3n) is 7.22. The fraction of sp³-hybridized carbons (Fsp3) is 0.259. The summed E-state index contributed by atoms with van der Waals surface area (Å²) in [5, 5.41) is 23.0. The van der Waals surface area contributed by atoms with Crippen LogP contribution >= 0.6 is 0 Å². The highest BCUT2D eigenvalue weighted by Gasteiger charge is 2.55. The summed E-state index contributed by atoms with van der Waals surface area (Å²) in [6.45, 7) is 2.44. The molecule has 2 unspecified atom stereocenters. The Labute approximate surface area is 218 Å². The van der Waals surface area contributed by atoms with E-state index in [4.69, 9.17) is 9.72 Å². The average molecular weight is 508 g/mol. The van der Waals surface area contributed by atoms with E-state index in [0.29, 0.717) is 12.2 Å². The molecule has 6 rings (SSSR count). The van der Waals surface area contributed by atoms with E-state index in [1.54, 1.807) is 37.4 Å². The first kappa shape index (κ1) is 23.4. The average Bonchev–Trinajstić information content (AvgIpc) is 3.70. The zero-order valence-electron chi connectivity index (χ0n) is 21.0. The van der Waals surface area contributed by atoms with Gasteiger partial charge >= 0.3 is 6.09 Å². The molecule has 11 nitrogen and oxygen atoms in total. The van der Waals surface area contributed by atoms with Crippen molar-refractivity contribution in [2.24, 2.45) is 7.05 Å². The molecule has 2 atom stereocenters. The lowest BCUT2D eigenvalue weighted by atomic mass is 9.79. The molecule has 0 bridgehead atoms. The lowest BCUT2D eigenvalue weighted by Crippen LogP contribution is -2.70. The molecular formula is C27H25N9O2. The first-order valence-electron chi connectivity index (χ1n) is 12.2. The highest BCUT2D eigenvalue weighted by atomic mass is 16.6. The molecule has 1 aromatic carbocycles. The van der Waals surface area contributed by atoms with Crippen LogP contribution in [0.2, 0.25) is 0 Å². The Kier molecular flexibility index (Phi) is 5.64. The zero-order valence-corrected chi connectivity index (χ0v) is 21.0. The fourth-order valence-electron chi connectivity index (χ4n) is 4.97. The van der Waals surface area contributed by atoms with Crippen LogP contribution in [-0.4, -0.2) is 57.7 Å². The molecule has 0 N–H and O–H groups in total. The van der Waals surface area contributed by atoms with Crippen molar-refractivity contribution in [1.29, 1.82) is 5.26 Å². The summed E-state index contributed by atoms with van der Waals surface area (Å²) >= 11 is 0. The number of nitrogens with zero attached hydrogens (tertiary/aromatic N) is 9. The van der Waals surface area contributed by atoms with Crippen LogP contribution in [0.5, 0.6) is 0 Å². The summed E-state index contributed by atoms with van der Waals surface area (Å²) in [7, 11) is 1.86. The second-order valence-corrected chi connectivity index (χ2v) is 9.49. The van der Waals surface area contributed by atoms with Crippen LogP contribution in [0.15, 0.2) is 73.6 Å². The van der Waals surface area contributed by atoms with Gasteiger partial charge in [0.2, 0.25) is 0 Å². The Hall–Kier alpha value is -4.98. The van der Waals surface area contributed by atoms with E-state index in [-0.39, 0.29) is 19.1 Å². The van der Waals surface area contributed by atoms with E-state index in [1.165, 1.54) is 0 Å². The number of hydrogen-bond donors (Lipinski definition) is 0. The fourth-order valence-corrected chi connectivity index (χ4v) is 4.97. The highest BCUT2D eigenvalue weighted by molar-refractivity contribution is 5.78. The minimum Gasteiger partial charge on any atom is -0.445 e. The van der Waals surface area contributed by atoms with Gasteiger partial charge in [0, 0.05) is 30.6 Å². The van der Waals surface area contributed by atoms with Crippen molar-refractivity contribution in [2.45, 2.75) is 31.5 Å². The number of amides is 1. The first-order valence-corrected chi connectivity index (χ1v) is 12.2. The number of rotatable bonds is 6. The molecule has 0 radical (unpaired) electrons. The van der Waals surface area contributed by atoms with Crippen LogP contribution in [0.3, 0.4) is 0 Å². The van der Waals surface area contributed by atoms with Crippen LogP contribution in [-0.2, 0) is 23.9 Å². The number of aryl methyl sites for hydroxylation is 1. The van der Waals surface area contributed by atoms with Gasteiger partial charge < -0.3 is 9.64 Å². The third-order valence-corrected chi connectivity index (χ3v) is 7.22. The van der Waals surface area contributed by atoms with E-state index in [2.05, 4.69) is 21.4 Å². The second kappa shape index (κ2) is 9.15. The summed E-state index contributed by atoms with van der Waals surface area (Å²) in [6, 6.07) is 13.4. The standard InChI is InChI=1S/C27H25N9O2/c1-19-27(9-10-28,18-34(19)26(37)38-17-20-6-4-3-5-7-20)36-15-22(13-31-36)25-24-8-11-29-35(24)16-23(32-25)21-12-30-33(2)14-21/h3-8,11-16,19H,9,17-18H2,1-2H3. The molecule has 190 valence electrons. The van der Waals surface area contributed by atoms with Gasteiger partial charge in [0.1, 0.15) is 12.1 Å². The van der Waals surface area contributed by atoms with Crippen LogP contribution < -0.4 is 0 Å². The van der Waals surface area contributed by atoms with Crippen molar-refractivity contribution in [3.63, 3.8) is 0 Å². The maximum Gasteiger partial charge on any atom is 0.410 e. The van der Waals surface area contributed by atoms with Gasteiger partial charge in [-0.3, -0.25) is 9.36 Å². The minimum absolute atomic E-state index is 0.195. The molecular weight excluding hydrogens is 482 g/mol. The summed E-state index contributed by atoms with van der Waals surface area (Å²) in [6.07, 6.45) is 10.7. The van der Waals surface area contributed by atoms with Gasteiger partial charge in [-0.2, -0.15) is 20.6 Å². The Morgan fingerprint density at radius 2 is 1.92 bits per heavy atom. The molecule has 0 aliphatic carbocycles. The quantitative estimate of drug-likeness (QED) is 0.344. The maximum atomic E-state index is 12.8.